The molecule has 108 valence electrons. The SMILES string of the molecule is CC(=O)N1CCCN(Cc2ccc(C#CCO)s2)CC1. The van der Waals surface area contributed by atoms with Crippen LogP contribution in [0.5, 0.6) is 0 Å². The molecule has 0 atom stereocenters. The minimum absolute atomic E-state index is 0.0970. The Hall–Kier alpha value is -1.35. The van der Waals surface area contributed by atoms with Gasteiger partial charge < -0.3 is 10.0 Å². The minimum atomic E-state index is -0.0970. The van der Waals surface area contributed by atoms with Gasteiger partial charge in [-0.3, -0.25) is 9.69 Å². The van der Waals surface area contributed by atoms with E-state index in [1.807, 2.05) is 11.0 Å². The molecule has 1 aromatic rings. The summed E-state index contributed by atoms with van der Waals surface area (Å²) in [6, 6.07) is 4.10. The normalized spacial score (nSPS) is 16.4. The van der Waals surface area contributed by atoms with Crippen LogP contribution >= 0.6 is 11.3 Å². The third-order valence-corrected chi connectivity index (χ3v) is 4.35. The van der Waals surface area contributed by atoms with Crippen molar-refractivity contribution in [1.29, 1.82) is 0 Å². The number of carbonyl (C=O) groups is 1. The molecule has 2 heterocycles. The molecule has 0 spiro atoms. The molecular formula is C15H20N2O2S. The predicted molar refractivity (Wildman–Crippen MR) is 80.4 cm³/mol. The molecule has 0 unspecified atom stereocenters. The number of hydrogen-bond acceptors (Lipinski definition) is 4. The molecule has 1 saturated heterocycles. The maximum absolute atomic E-state index is 11.4. The molecule has 1 N–H and O–H groups in total. The van der Waals surface area contributed by atoms with Crippen molar-refractivity contribution in [3.05, 3.63) is 21.9 Å². The summed E-state index contributed by atoms with van der Waals surface area (Å²) in [6.45, 7) is 6.09. The van der Waals surface area contributed by atoms with Gasteiger partial charge in [0.05, 0.1) is 4.88 Å². The summed E-state index contributed by atoms with van der Waals surface area (Å²) in [6.07, 6.45) is 1.03. The van der Waals surface area contributed by atoms with Gasteiger partial charge in [0.25, 0.3) is 0 Å². The summed E-state index contributed by atoms with van der Waals surface area (Å²) in [5, 5.41) is 8.69. The second-order valence-electron chi connectivity index (χ2n) is 4.86. The minimum Gasteiger partial charge on any atom is -0.384 e. The Morgan fingerprint density at radius 1 is 1.35 bits per heavy atom. The van der Waals surface area contributed by atoms with E-state index in [9.17, 15) is 4.79 Å². The number of aliphatic hydroxyl groups is 1. The summed E-state index contributed by atoms with van der Waals surface area (Å²) in [5.74, 6) is 5.77. The van der Waals surface area contributed by atoms with Gasteiger partial charge >= 0.3 is 0 Å². The van der Waals surface area contributed by atoms with E-state index >= 15 is 0 Å². The monoisotopic (exact) mass is 292 g/mol. The Balaban J connectivity index is 1.90. The molecule has 0 saturated carbocycles. The Bertz CT molecular complexity index is 515. The smallest absolute Gasteiger partial charge is 0.219 e. The first-order chi connectivity index (χ1) is 9.69. The first kappa shape index (κ1) is 15.0. The molecule has 0 bridgehead atoms. The Morgan fingerprint density at radius 3 is 2.95 bits per heavy atom. The van der Waals surface area contributed by atoms with E-state index in [-0.39, 0.29) is 12.5 Å². The molecule has 0 aliphatic carbocycles. The van der Waals surface area contributed by atoms with Crippen molar-refractivity contribution in [3.63, 3.8) is 0 Å². The first-order valence-corrected chi connectivity index (χ1v) is 7.67. The highest BCUT2D eigenvalue weighted by atomic mass is 32.1. The van der Waals surface area contributed by atoms with Crippen LogP contribution in [-0.2, 0) is 11.3 Å². The summed E-state index contributed by atoms with van der Waals surface area (Å²) in [4.78, 5) is 18.0. The lowest BCUT2D eigenvalue weighted by Gasteiger charge is -2.20. The molecule has 1 aromatic heterocycles. The van der Waals surface area contributed by atoms with Gasteiger partial charge in [0.1, 0.15) is 6.61 Å². The molecule has 1 aliphatic heterocycles. The Kier molecular flexibility index (Phi) is 5.60. The number of aliphatic hydroxyl groups excluding tert-OH is 1. The van der Waals surface area contributed by atoms with E-state index in [1.54, 1.807) is 18.3 Å². The number of amides is 1. The fourth-order valence-electron chi connectivity index (χ4n) is 2.32. The van der Waals surface area contributed by atoms with Gasteiger partial charge in [-0.2, -0.15) is 0 Å². The number of nitrogens with zero attached hydrogens (tertiary/aromatic N) is 2. The van der Waals surface area contributed by atoms with Crippen molar-refractivity contribution >= 4 is 17.2 Å². The van der Waals surface area contributed by atoms with E-state index in [2.05, 4.69) is 22.8 Å². The lowest BCUT2D eigenvalue weighted by atomic mass is 10.3. The fourth-order valence-corrected chi connectivity index (χ4v) is 3.25. The van der Waals surface area contributed by atoms with Crippen molar-refractivity contribution in [2.24, 2.45) is 0 Å². The third-order valence-electron chi connectivity index (χ3n) is 3.37. The highest BCUT2D eigenvalue weighted by Gasteiger charge is 2.16. The van der Waals surface area contributed by atoms with E-state index < -0.39 is 0 Å². The van der Waals surface area contributed by atoms with Gasteiger partial charge in [-0.1, -0.05) is 11.8 Å². The van der Waals surface area contributed by atoms with Gasteiger partial charge in [0.2, 0.25) is 5.91 Å². The second kappa shape index (κ2) is 7.44. The van der Waals surface area contributed by atoms with Crippen molar-refractivity contribution in [1.82, 2.24) is 9.80 Å². The van der Waals surface area contributed by atoms with Crippen LogP contribution in [0.4, 0.5) is 0 Å². The van der Waals surface area contributed by atoms with Gasteiger partial charge in [-0.15, -0.1) is 11.3 Å². The summed E-state index contributed by atoms with van der Waals surface area (Å²) in [5.41, 5.74) is 0. The maximum atomic E-state index is 11.4. The first-order valence-electron chi connectivity index (χ1n) is 6.85. The van der Waals surface area contributed by atoms with Gasteiger partial charge in [0, 0.05) is 44.5 Å². The molecule has 0 aromatic carbocycles. The number of hydrogen-bond donors (Lipinski definition) is 1. The van der Waals surface area contributed by atoms with Crippen LogP contribution in [0.2, 0.25) is 0 Å². The van der Waals surface area contributed by atoms with E-state index in [4.69, 9.17) is 5.11 Å². The zero-order valence-corrected chi connectivity index (χ0v) is 12.6. The average Bonchev–Trinajstić information content (AvgIpc) is 2.72. The number of carbonyl (C=O) groups excluding carboxylic acids is 1. The van der Waals surface area contributed by atoms with E-state index in [0.29, 0.717) is 0 Å². The van der Waals surface area contributed by atoms with Crippen molar-refractivity contribution < 1.29 is 9.90 Å². The highest BCUT2D eigenvalue weighted by molar-refractivity contribution is 7.12. The van der Waals surface area contributed by atoms with E-state index in [1.165, 1.54) is 4.88 Å². The average molecular weight is 292 g/mol. The van der Waals surface area contributed by atoms with Crippen LogP contribution in [0.25, 0.3) is 0 Å². The van der Waals surface area contributed by atoms with Crippen LogP contribution in [0.15, 0.2) is 12.1 Å². The van der Waals surface area contributed by atoms with Crippen LogP contribution in [0.1, 0.15) is 23.1 Å². The molecule has 1 amide bonds. The molecule has 2 rings (SSSR count). The van der Waals surface area contributed by atoms with Crippen molar-refractivity contribution in [3.8, 4) is 11.8 Å². The molecular weight excluding hydrogens is 272 g/mol. The van der Waals surface area contributed by atoms with Crippen molar-refractivity contribution in [2.45, 2.75) is 19.9 Å². The summed E-state index contributed by atoms with van der Waals surface area (Å²) in [7, 11) is 0. The van der Waals surface area contributed by atoms with Crippen LogP contribution in [0.3, 0.4) is 0 Å². The molecule has 5 heteroatoms. The second-order valence-corrected chi connectivity index (χ2v) is 6.03. The van der Waals surface area contributed by atoms with E-state index in [0.717, 1.165) is 44.0 Å². The van der Waals surface area contributed by atoms with Crippen LogP contribution in [-0.4, -0.2) is 53.6 Å². The molecule has 20 heavy (non-hydrogen) atoms. The predicted octanol–water partition coefficient (Wildman–Crippen LogP) is 1.15. The molecule has 4 nitrogen and oxygen atoms in total. The van der Waals surface area contributed by atoms with Crippen LogP contribution < -0.4 is 0 Å². The Labute approximate surface area is 124 Å². The zero-order chi connectivity index (χ0) is 14.4. The number of thiophene rings is 1. The summed E-state index contributed by atoms with van der Waals surface area (Å²) >= 11 is 1.67. The highest BCUT2D eigenvalue weighted by Crippen LogP contribution is 2.18. The number of rotatable bonds is 2. The molecule has 1 fully saturated rings. The fraction of sp³-hybridized carbons (Fsp3) is 0.533. The van der Waals surface area contributed by atoms with Gasteiger partial charge in [-0.25, -0.2) is 0 Å². The zero-order valence-electron chi connectivity index (χ0n) is 11.8. The van der Waals surface area contributed by atoms with Crippen LogP contribution in [0, 0.1) is 11.8 Å². The van der Waals surface area contributed by atoms with Gasteiger partial charge in [0.15, 0.2) is 0 Å². The Morgan fingerprint density at radius 2 is 2.20 bits per heavy atom. The summed E-state index contributed by atoms with van der Waals surface area (Å²) < 4.78 is 0. The molecule has 0 radical (unpaired) electrons. The quantitative estimate of drug-likeness (QED) is 0.832. The van der Waals surface area contributed by atoms with Gasteiger partial charge in [-0.05, 0) is 18.6 Å². The maximum Gasteiger partial charge on any atom is 0.219 e. The standard InChI is InChI=1S/C15H20N2O2S/c1-13(19)17-8-3-7-16(9-10-17)12-15-6-5-14(20-15)4-2-11-18/h5-6,18H,3,7-12H2,1H3. The lowest BCUT2D eigenvalue weighted by Crippen LogP contribution is -2.33. The topological polar surface area (TPSA) is 43.8 Å². The third kappa shape index (κ3) is 4.34. The van der Waals surface area contributed by atoms with Crippen molar-refractivity contribution in [2.75, 3.05) is 32.8 Å². The lowest BCUT2D eigenvalue weighted by molar-refractivity contribution is -0.128. The molecule has 1 aliphatic rings. The largest absolute Gasteiger partial charge is 0.384 e.